The van der Waals surface area contributed by atoms with Gasteiger partial charge >= 0.3 is 5.97 Å². The van der Waals surface area contributed by atoms with Gasteiger partial charge in [-0.2, -0.15) is 0 Å². The minimum atomic E-state index is -0.0231. The fourth-order valence-corrected chi connectivity index (χ4v) is 1.97. The smallest absolute Gasteiger partial charge is 0.305 e. The van der Waals surface area contributed by atoms with Gasteiger partial charge in [0, 0.05) is 6.42 Å². The van der Waals surface area contributed by atoms with Gasteiger partial charge in [-0.3, -0.25) is 4.79 Å². The summed E-state index contributed by atoms with van der Waals surface area (Å²) in [5, 5.41) is 0. The fourth-order valence-electron chi connectivity index (χ4n) is 1.97. The van der Waals surface area contributed by atoms with Gasteiger partial charge < -0.3 is 10.5 Å². The third-order valence-electron chi connectivity index (χ3n) is 3.21. The molecule has 1 unspecified atom stereocenters. The van der Waals surface area contributed by atoms with Crippen molar-refractivity contribution < 1.29 is 9.53 Å². The zero-order chi connectivity index (χ0) is 11.8. The van der Waals surface area contributed by atoms with E-state index in [1.54, 1.807) is 0 Å². The van der Waals surface area contributed by atoms with E-state index in [0.717, 1.165) is 19.4 Å². The second kappa shape index (κ2) is 7.66. The monoisotopic (exact) mass is 227 g/mol. The molecule has 0 saturated heterocycles. The van der Waals surface area contributed by atoms with Gasteiger partial charge in [-0.25, -0.2) is 0 Å². The Hall–Kier alpha value is -0.570. The molecule has 1 rings (SSSR count). The van der Waals surface area contributed by atoms with Gasteiger partial charge in [0.2, 0.25) is 0 Å². The maximum absolute atomic E-state index is 11.4. The van der Waals surface area contributed by atoms with E-state index in [2.05, 4.69) is 6.92 Å². The number of carbonyl (C=O) groups is 1. The Kier molecular flexibility index (Phi) is 6.46. The Morgan fingerprint density at radius 3 is 2.69 bits per heavy atom. The molecule has 1 saturated carbocycles. The van der Waals surface area contributed by atoms with Crippen molar-refractivity contribution in [2.24, 2.45) is 17.6 Å². The van der Waals surface area contributed by atoms with Crippen LogP contribution in [0.1, 0.15) is 51.9 Å². The summed E-state index contributed by atoms with van der Waals surface area (Å²) in [5.41, 5.74) is 5.56. The highest BCUT2D eigenvalue weighted by Gasteiger charge is 2.23. The van der Waals surface area contributed by atoms with Crippen LogP contribution < -0.4 is 5.73 Å². The first kappa shape index (κ1) is 13.5. The Morgan fingerprint density at radius 2 is 2.12 bits per heavy atom. The van der Waals surface area contributed by atoms with Crippen molar-refractivity contribution in [2.45, 2.75) is 51.9 Å². The van der Waals surface area contributed by atoms with Crippen LogP contribution in [0.15, 0.2) is 0 Å². The zero-order valence-electron chi connectivity index (χ0n) is 10.4. The Balaban J connectivity index is 2.06. The summed E-state index contributed by atoms with van der Waals surface area (Å²) in [7, 11) is 0. The molecule has 0 aromatic heterocycles. The molecule has 0 radical (unpaired) electrons. The van der Waals surface area contributed by atoms with Crippen LogP contribution in [0.5, 0.6) is 0 Å². The third kappa shape index (κ3) is 6.11. The largest absolute Gasteiger partial charge is 0.465 e. The molecular weight excluding hydrogens is 202 g/mol. The van der Waals surface area contributed by atoms with Gasteiger partial charge in [0.15, 0.2) is 0 Å². The van der Waals surface area contributed by atoms with Crippen molar-refractivity contribution in [3.63, 3.8) is 0 Å². The van der Waals surface area contributed by atoms with Crippen molar-refractivity contribution in [1.29, 1.82) is 0 Å². The number of esters is 1. The van der Waals surface area contributed by atoms with E-state index >= 15 is 0 Å². The number of nitrogens with two attached hydrogens (primary N) is 1. The molecule has 1 fully saturated rings. The third-order valence-corrected chi connectivity index (χ3v) is 3.21. The normalized spacial score (nSPS) is 17.1. The van der Waals surface area contributed by atoms with E-state index in [1.807, 2.05) is 0 Å². The van der Waals surface area contributed by atoms with E-state index in [1.165, 1.54) is 25.7 Å². The highest BCUT2D eigenvalue weighted by atomic mass is 16.5. The Morgan fingerprint density at radius 1 is 1.38 bits per heavy atom. The lowest BCUT2D eigenvalue weighted by molar-refractivity contribution is -0.144. The minimum Gasteiger partial charge on any atom is -0.465 e. The molecule has 0 aromatic rings. The summed E-state index contributed by atoms with van der Waals surface area (Å²) in [6, 6.07) is 0. The minimum absolute atomic E-state index is 0.0231. The van der Waals surface area contributed by atoms with Crippen molar-refractivity contribution in [1.82, 2.24) is 0 Å². The summed E-state index contributed by atoms with van der Waals surface area (Å²) >= 11 is 0. The summed E-state index contributed by atoms with van der Waals surface area (Å²) in [6.45, 7) is 3.55. The van der Waals surface area contributed by atoms with E-state index < -0.39 is 0 Å². The van der Waals surface area contributed by atoms with E-state index in [-0.39, 0.29) is 5.97 Å². The number of carbonyl (C=O) groups excluding carboxylic acids is 1. The molecule has 94 valence electrons. The lowest BCUT2D eigenvalue weighted by Crippen LogP contribution is -2.13. The number of ether oxygens (including phenoxy) is 1. The predicted molar refractivity (Wildman–Crippen MR) is 65.0 cm³/mol. The van der Waals surface area contributed by atoms with Gasteiger partial charge in [0.05, 0.1) is 6.61 Å². The predicted octanol–water partition coefficient (Wildman–Crippen LogP) is 2.48. The van der Waals surface area contributed by atoms with Crippen molar-refractivity contribution in [3.8, 4) is 0 Å². The van der Waals surface area contributed by atoms with Crippen molar-refractivity contribution in [3.05, 3.63) is 0 Å². The van der Waals surface area contributed by atoms with Gasteiger partial charge in [0.1, 0.15) is 0 Å². The lowest BCUT2D eigenvalue weighted by atomic mass is 9.95. The molecule has 0 spiro atoms. The fraction of sp³-hybridized carbons (Fsp3) is 0.923. The second-order valence-corrected chi connectivity index (χ2v) is 4.90. The maximum Gasteiger partial charge on any atom is 0.305 e. The molecule has 0 amide bonds. The van der Waals surface area contributed by atoms with Gasteiger partial charge in [0.25, 0.3) is 0 Å². The number of hydrogen-bond acceptors (Lipinski definition) is 3. The van der Waals surface area contributed by atoms with Crippen LogP contribution in [-0.2, 0) is 9.53 Å². The number of hydrogen-bond donors (Lipinski definition) is 1. The highest BCUT2D eigenvalue weighted by Crippen LogP contribution is 2.29. The average molecular weight is 227 g/mol. The zero-order valence-corrected chi connectivity index (χ0v) is 10.4. The van der Waals surface area contributed by atoms with Crippen molar-refractivity contribution >= 4 is 5.97 Å². The molecule has 0 aliphatic heterocycles. The Labute approximate surface area is 98.7 Å². The van der Waals surface area contributed by atoms with E-state index in [9.17, 15) is 4.79 Å². The van der Waals surface area contributed by atoms with Gasteiger partial charge in [-0.15, -0.1) is 0 Å². The standard InChI is InChI=1S/C13H25NO2/c1-2-3-11(8-9-14)6-7-13(15)16-10-12-4-5-12/h11-12H,2-10,14H2,1H3. The summed E-state index contributed by atoms with van der Waals surface area (Å²) in [5.74, 6) is 1.24. The SMILES string of the molecule is CCCC(CCN)CCC(=O)OCC1CC1. The molecule has 2 N–H and O–H groups in total. The molecule has 1 aliphatic carbocycles. The lowest BCUT2D eigenvalue weighted by Gasteiger charge is -2.14. The van der Waals surface area contributed by atoms with Crippen LogP contribution in [0.4, 0.5) is 0 Å². The van der Waals surface area contributed by atoms with Crippen LogP contribution in [0, 0.1) is 11.8 Å². The molecule has 0 heterocycles. The molecule has 0 bridgehead atoms. The molecule has 1 atom stereocenters. The molecular formula is C13H25NO2. The van der Waals surface area contributed by atoms with E-state index in [0.29, 0.717) is 24.9 Å². The first-order chi connectivity index (χ1) is 7.76. The molecule has 3 nitrogen and oxygen atoms in total. The quantitative estimate of drug-likeness (QED) is 0.616. The maximum atomic E-state index is 11.4. The summed E-state index contributed by atoms with van der Waals surface area (Å²) < 4.78 is 5.20. The van der Waals surface area contributed by atoms with Crippen LogP contribution in [0.3, 0.4) is 0 Å². The average Bonchev–Trinajstić information content (AvgIpc) is 3.07. The molecule has 3 heteroatoms. The van der Waals surface area contributed by atoms with Gasteiger partial charge in [-0.1, -0.05) is 19.8 Å². The van der Waals surface area contributed by atoms with E-state index in [4.69, 9.17) is 10.5 Å². The van der Waals surface area contributed by atoms with Crippen molar-refractivity contribution in [2.75, 3.05) is 13.2 Å². The van der Waals surface area contributed by atoms with Crippen LogP contribution in [0.2, 0.25) is 0 Å². The molecule has 1 aliphatic rings. The van der Waals surface area contributed by atoms with Crippen LogP contribution in [0.25, 0.3) is 0 Å². The summed E-state index contributed by atoms with van der Waals surface area (Å²) in [6.07, 6.45) is 7.35. The van der Waals surface area contributed by atoms with Gasteiger partial charge in [-0.05, 0) is 44.1 Å². The molecule has 16 heavy (non-hydrogen) atoms. The molecule has 0 aromatic carbocycles. The van der Waals surface area contributed by atoms with Crippen LogP contribution >= 0.6 is 0 Å². The first-order valence-corrected chi connectivity index (χ1v) is 6.62. The first-order valence-electron chi connectivity index (χ1n) is 6.62. The number of rotatable bonds is 9. The summed E-state index contributed by atoms with van der Waals surface area (Å²) in [4.78, 5) is 11.4. The topological polar surface area (TPSA) is 52.3 Å². The Bertz CT molecular complexity index is 196. The highest BCUT2D eigenvalue weighted by molar-refractivity contribution is 5.69. The van der Waals surface area contributed by atoms with Crippen LogP contribution in [-0.4, -0.2) is 19.1 Å². The second-order valence-electron chi connectivity index (χ2n) is 4.90.